The molecule has 0 bridgehead atoms. The van der Waals surface area contributed by atoms with Crippen LogP contribution in [0.15, 0.2) is 16.8 Å². The van der Waals surface area contributed by atoms with E-state index in [1.807, 2.05) is 0 Å². The largest absolute Gasteiger partial charge is 0.351 e. The summed E-state index contributed by atoms with van der Waals surface area (Å²) in [6.07, 6.45) is 4.82. The summed E-state index contributed by atoms with van der Waals surface area (Å²) in [7, 11) is 0. The molecule has 2 aromatic heterocycles. The molecule has 0 saturated heterocycles. The normalized spacial score (nSPS) is 11.9. The van der Waals surface area contributed by atoms with E-state index in [-0.39, 0.29) is 5.95 Å². The molecule has 1 unspecified atom stereocenters. The number of thiophene rings is 1. The first-order valence-corrected chi connectivity index (χ1v) is 8.36. The molecule has 2 N–H and O–H groups in total. The van der Waals surface area contributed by atoms with Crippen LogP contribution in [0.3, 0.4) is 0 Å². The lowest BCUT2D eigenvalue weighted by atomic mass is 10.1. The van der Waals surface area contributed by atoms with E-state index in [4.69, 9.17) is 0 Å². The number of hydrogen-bond acceptors (Lipinski definition) is 6. The van der Waals surface area contributed by atoms with Crippen LogP contribution in [-0.2, 0) is 11.2 Å². The average Bonchev–Trinajstić information content (AvgIpc) is 2.99. The first-order chi connectivity index (χ1) is 10.7. The van der Waals surface area contributed by atoms with E-state index in [0.29, 0.717) is 24.2 Å². The third-order valence-corrected chi connectivity index (χ3v) is 4.09. The van der Waals surface area contributed by atoms with E-state index in [1.54, 1.807) is 18.3 Å². The highest BCUT2D eigenvalue weighted by Crippen LogP contribution is 2.14. The maximum atomic E-state index is 10.5. The van der Waals surface area contributed by atoms with Crippen LogP contribution in [0.5, 0.6) is 0 Å². The number of nitrogens with zero attached hydrogens (tertiary/aromatic N) is 3. The molecule has 118 valence electrons. The first kappa shape index (κ1) is 16.4. The molecule has 1 amide bonds. The maximum absolute atomic E-state index is 10.5. The molecule has 0 aliphatic rings. The Labute approximate surface area is 134 Å². The summed E-state index contributed by atoms with van der Waals surface area (Å²) in [5.74, 6) is 1.37. The lowest BCUT2D eigenvalue weighted by Gasteiger charge is -2.17. The SMILES string of the molecule is CCC(CCCc1ccsc1)Nc1nc(C)nc(NC=O)n1. The second kappa shape index (κ2) is 8.43. The Morgan fingerprint density at radius 2 is 2.14 bits per heavy atom. The third-order valence-electron chi connectivity index (χ3n) is 3.36. The van der Waals surface area contributed by atoms with Crippen LogP contribution in [0.1, 0.15) is 37.6 Å². The van der Waals surface area contributed by atoms with Crippen molar-refractivity contribution in [3.05, 3.63) is 28.2 Å². The summed E-state index contributed by atoms with van der Waals surface area (Å²) in [5.41, 5.74) is 1.40. The summed E-state index contributed by atoms with van der Waals surface area (Å²) in [6.45, 7) is 3.92. The Kier molecular flexibility index (Phi) is 6.27. The van der Waals surface area contributed by atoms with Gasteiger partial charge in [-0.05, 0) is 55.0 Å². The molecule has 0 fully saturated rings. The topological polar surface area (TPSA) is 79.8 Å². The number of nitrogens with one attached hydrogen (secondary N) is 2. The van der Waals surface area contributed by atoms with Gasteiger partial charge in [0.1, 0.15) is 5.82 Å². The summed E-state index contributed by atoms with van der Waals surface area (Å²) in [6, 6.07) is 2.48. The van der Waals surface area contributed by atoms with E-state index in [2.05, 4.69) is 49.3 Å². The highest BCUT2D eigenvalue weighted by atomic mass is 32.1. The Morgan fingerprint density at radius 3 is 2.82 bits per heavy atom. The van der Waals surface area contributed by atoms with Crippen molar-refractivity contribution in [2.45, 2.75) is 45.6 Å². The second-order valence-corrected chi connectivity index (χ2v) is 5.85. The number of hydrogen-bond donors (Lipinski definition) is 2. The van der Waals surface area contributed by atoms with Gasteiger partial charge in [-0.25, -0.2) is 0 Å². The number of aryl methyl sites for hydroxylation is 2. The highest BCUT2D eigenvalue weighted by molar-refractivity contribution is 7.07. The van der Waals surface area contributed by atoms with Gasteiger partial charge in [0, 0.05) is 6.04 Å². The van der Waals surface area contributed by atoms with Crippen molar-refractivity contribution in [1.29, 1.82) is 0 Å². The van der Waals surface area contributed by atoms with E-state index < -0.39 is 0 Å². The maximum Gasteiger partial charge on any atom is 0.234 e. The third kappa shape index (κ3) is 5.07. The van der Waals surface area contributed by atoms with E-state index >= 15 is 0 Å². The van der Waals surface area contributed by atoms with Gasteiger partial charge >= 0.3 is 0 Å². The van der Waals surface area contributed by atoms with Crippen molar-refractivity contribution in [2.24, 2.45) is 0 Å². The minimum Gasteiger partial charge on any atom is -0.351 e. The summed E-state index contributed by atoms with van der Waals surface area (Å²) in [5, 5.41) is 10.1. The molecule has 2 rings (SSSR count). The van der Waals surface area contributed by atoms with Crippen LogP contribution in [-0.4, -0.2) is 27.4 Å². The summed E-state index contributed by atoms with van der Waals surface area (Å²) < 4.78 is 0. The zero-order chi connectivity index (χ0) is 15.8. The van der Waals surface area contributed by atoms with Crippen molar-refractivity contribution < 1.29 is 4.79 Å². The Morgan fingerprint density at radius 1 is 1.32 bits per heavy atom. The Hall–Kier alpha value is -2.02. The summed E-state index contributed by atoms with van der Waals surface area (Å²) >= 11 is 1.74. The number of aromatic nitrogens is 3. The zero-order valence-corrected chi connectivity index (χ0v) is 13.7. The molecule has 0 spiro atoms. The molecule has 0 aliphatic heterocycles. The quantitative estimate of drug-likeness (QED) is 0.695. The average molecular weight is 319 g/mol. The van der Waals surface area contributed by atoms with Crippen LogP contribution in [0, 0.1) is 6.92 Å². The van der Waals surface area contributed by atoms with Crippen LogP contribution >= 0.6 is 11.3 Å². The monoisotopic (exact) mass is 319 g/mol. The molecule has 0 radical (unpaired) electrons. The van der Waals surface area contributed by atoms with Gasteiger partial charge in [-0.2, -0.15) is 26.3 Å². The molecule has 0 saturated carbocycles. The minimum absolute atomic E-state index is 0.276. The van der Waals surface area contributed by atoms with Gasteiger partial charge in [0.05, 0.1) is 0 Å². The lowest BCUT2D eigenvalue weighted by Crippen LogP contribution is -2.21. The molecule has 22 heavy (non-hydrogen) atoms. The van der Waals surface area contributed by atoms with Gasteiger partial charge in [0.2, 0.25) is 18.3 Å². The van der Waals surface area contributed by atoms with Crippen molar-refractivity contribution in [1.82, 2.24) is 15.0 Å². The van der Waals surface area contributed by atoms with Crippen LogP contribution < -0.4 is 10.6 Å². The molecule has 2 aromatic rings. The molecule has 0 aliphatic carbocycles. The molecule has 1 atom stereocenters. The molecular weight excluding hydrogens is 298 g/mol. The fraction of sp³-hybridized carbons (Fsp3) is 0.467. The van der Waals surface area contributed by atoms with Gasteiger partial charge in [-0.15, -0.1) is 0 Å². The number of rotatable bonds is 9. The molecule has 7 heteroatoms. The summed E-state index contributed by atoms with van der Waals surface area (Å²) in [4.78, 5) is 23.0. The molecule has 2 heterocycles. The predicted octanol–water partition coefficient (Wildman–Crippen LogP) is 3.02. The lowest BCUT2D eigenvalue weighted by molar-refractivity contribution is -0.105. The second-order valence-electron chi connectivity index (χ2n) is 5.07. The van der Waals surface area contributed by atoms with Gasteiger partial charge < -0.3 is 5.32 Å². The van der Waals surface area contributed by atoms with E-state index in [0.717, 1.165) is 25.7 Å². The van der Waals surface area contributed by atoms with Crippen LogP contribution in [0.2, 0.25) is 0 Å². The fourth-order valence-electron chi connectivity index (χ4n) is 2.21. The van der Waals surface area contributed by atoms with Gasteiger partial charge in [-0.3, -0.25) is 10.1 Å². The molecule has 6 nitrogen and oxygen atoms in total. The van der Waals surface area contributed by atoms with E-state index in [1.165, 1.54) is 5.56 Å². The van der Waals surface area contributed by atoms with Gasteiger partial charge in [-0.1, -0.05) is 6.92 Å². The Bertz CT molecular complexity index is 588. The minimum atomic E-state index is 0.276. The number of carbonyl (C=O) groups is 1. The van der Waals surface area contributed by atoms with Gasteiger partial charge in [0.15, 0.2) is 0 Å². The van der Waals surface area contributed by atoms with E-state index in [9.17, 15) is 4.79 Å². The first-order valence-electron chi connectivity index (χ1n) is 7.41. The van der Waals surface area contributed by atoms with Crippen LogP contribution in [0.4, 0.5) is 11.9 Å². The number of amides is 1. The number of carbonyl (C=O) groups excluding carboxylic acids is 1. The number of anilines is 2. The van der Waals surface area contributed by atoms with Crippen molar-refractivity contribution in [3.8, 4) is 0 Å². The van der Waals surface area contributed by atoms with Crippen molar-refractivity contribution >= 4 is 29.6 Å². The molecular formula is C15H21N5OS. The van der Waals surface area contributed by atoms with Crippen molar-refractivity contribution in [2.75, 3.05) is 10.6 Å². The zero-order valence-electron chi connectivity index (χ0n) is 12.9. The van der Waals surface area contributed by atoms with Crippen molar-refractivity contribution in [3.63, 3.8) is 0 Å². The smallest absolute Gasteiger partial charge is 0.234 e. The Balaban J connectivity index is 1.90. The van der Waals surface area contributed by atoms with Gasteiger partial charge in [0.25, 0.3) is 0 Å². The van der Waals surface area contributed by atoms with Crippen LogP contribution in [0.25, 0.3) is 0 Å². The highest BCUT2D eigenvalue weighted by Gasteiger charge is 2.10. The molecule has 0 aromatic carbocycles. The fourth-order valence-corrected chi connectivity index (χ4v) is 2.92. The predicted molar refractivity (Wildman–Crippen MR) is 89.2 cm³/mol. The standard InChI is InChI=1S/C15H21N5OS/c1-3-13(6-4-5-12-7-8-22-9-12)19-15-18-11(2)17-14(20-15)16-10-21/h7-10,13H,3-6H2,1-2H3,(H2,16,17,18,19,20,21).